The summed E-state index contributed by atoms with van der Waals surface area (Å²) in [5, 5.41) is 13.2. The average Bonchev–Trinajstić information content (AvgIpc) is 3.04. The van der Waals surface area contributed by atoms with Gasteiger partial charge in [0.15, 0.2) is 0 Å². The van der Waals surface area contributed by atoms with Crippen LogP contribution in [-0.2, 0) is 13.1 Å². The molecule has 3 amide bonds. The molecule has 1 heterocycles. The molecule has 0 saturated carbocycles. The van der Waals surface area contributed by atoms with Crippen molar-refractivity contribution in [2.45, 2.75) is 46.8 Å². The Kier molecular flexibility index (Phi) is 7.07. The first-order valence-electron chi connectivity index (χ1n) is 10.4. The Morgan fingerprint density at radius 2 is 1.61 bits per heavy atom. The molecular formula is C24H29N5O2. The van der Waals surface area contributed by atoms with Gasteiger partial charge in [0.25, 0.3) is 5.91 Å². The summed E-state index contributed by atoms with van der Waals surface area (Å²) in [6, 6.07) is 17.0. The number of amides is 3. The van der Waals surface area contributed by atoms with Gasteiger partial charge in [0.05, 0.1) is 11.4 Å². The second-order valence-electron chi connectivity index (χ2n) is 7.76. The molecule has 2 aromatic carbocycles. The van der Waals surface area contributed by atoms with E-state index in [1.165, 1.54) is 0 Å². The summed E-state index contributed by atoms with van der Waals surface area (Å²) in [5.74, 6) is -0.150. The van der Waals surface area contributed by atoms with Crippen molar-refractivity contribution >= 4 is 11.9 Å². The molecule has 0 aliphatic rings. The molecule has 3 rings (SSSR count). The van der Waals surface area contributed by atoms with Crippen LogP contribution in [0.3, 0.4) is 0 Å². The molecule has 0 unspecified atom stereocenters. The van der Waals surface area contributed by atoms with Crippen LogP contribution < -0.4 is 16.0 Å². The lowest BCUT2D eigenvalue weighted by molar-refractivity contribution is 0.0951. The van der Waals surface area contributed by atoms with Crippen LogP contribution in [0.25, 0.3) is 5.69 Å². The minimum atomic E-state index is -0.210. The van der Waals surface area contributed by atoms with E-state index in [-0.39, 0.29) is 18.0 Å². The van der Waals surface area contributed by atoms with Crippen molar-refractivity contribution < 1.29 is 9.59 Å². The van der Waals surface area contributed by atoms with Crippen LogP contribution in [0.2, 0.25) is 0 Å². The molecule has 0 radical (unpaired) electrons. The zero-order valence-electron chi connectivity index (χ0n) is 18.4. The number of nitrogens with one attached hydrogen (secondary N) is 3. The number of hydrogen-bond acceptors (Lipinski definition) is 3. The fourth-order valence-electron chi connectivity index (χ4n) is 3.29. The maximum atomic E-state index is 12.6. The largest absolute Gasteiger partial charge is 0.348 e. The summed E-state index contributed by atoms with van der Waals surface area (Å²) >= 11 is 0. The van der Waals surface area contributed by atoms with Crippen molar-refractivity contribution in [3.63, 3.8) is 0 Å². The molecule has 0 saturated heterocycles. The van der Waals surface area contributed by atoms with Gasteiger partial charge >= 0.3 is 6.03 Å². The van der Waals surface area contributed by atoms with Crippen LogP contribution in [0.4, 0.5) is 4.79 Å². The van der Waals surface area contributed by atoms with Crippen LogP contribution >= 0.6 is 0 Å². The van der Waals surface area contributed by atoms with Crippen molar-refractivity contribution in [2.24, 2.45) is 0 Å². The van der Waals surface area contributed by atoms with Gasteiger partial charge in [0.2, 0.25) is 0 Å². The number of rotatable bonds is 7. The minimum absolute atomic E-state index is 0.0816. The lowest BCUT2D eigenvalue weighted by Crippen LogP contribution is -2.39. The lowest BCUT2D eigenvalue weighted by Gasteiger charge is -2.10. The zero-order valence-corrected chi connectivity index (χ0v) is 18.4. The van der Waals surface area contributed by atoms with Gasteiger partial charge in [-0.05, 0) is 57.5 Å². The Morgan fingerprint density at radius 1 is 0.935 bits per heavy atom. The maximum Gasteiger partial charge on any atom is 0.315 e. The highest BCUT2D eigenvalue weighted by Crippen LogP contribution is 2.18. The third kappa shape index (κ3) is 5.72. The van der Waals surface area contributed by atoms with Crippen molar-refractivity contribution in [1.29, 1.82) is 0 Å². The molecule has 162 valence electrons. The highest BCUT2D eigenvalue weighted by Gasteiger charge is 2.14. The van der Waals surface area contributed by atoms with Crippen LogP contribution in [-0.4, -0.2) is 27.8 Å². The third-order valence-corrected chi connectivity index (χ3v) is 4.96. The number of para-hydroxylation sites is 1. The normalized spacial score (nSPS) is 10.7. The van der Waals surface area contributed by atoms with Gasteiger partial charge in [-0.25, -0.2) is 9.48 Å². The zero-order chi connectivity index (χ0) is 22.4. The predicted octanol–water partition coefficient (Wildman–Crippen LogP) is 3.63. The lowest BCUT2D eigenvalue weighted by atomic mass is 10.1. The molecule has 7 nitrogen and oxygen atoms in total. The summed E-state index contributed by atoms with van der Waals surface area (Å²) in [6.45, 7) is 8.57. The third-order valence-electron chi connectivity index (χ3n) is 4.96. The summed E-state index contributed by atoms with van der Waals surface area (Å²) in [7, 11) is 0. The second kappa shape index (κ2) is 9.93. The SMILES string of the molecule is Cc1nn(-c2ccccc2)c(C)c1CNC(=O)c1ccc(CNC(=O)NC(C)C)cc1. The Hall–Kier alpha value is -3.61. The molecule has 1 aromatic heterocycles. The molecule has 3 aromatic rings. The van der Waals surface area contributed by atoms with E-state index < -0.39 is 0 Å². The number of urea groups is 1. The number of aromatic nitrogens is 2. The molecule has 7 heteroatoms. The van der Waals surface area contributed by atoms with Crippen LogP contribution in [0.5, 0.6) is 0 Å². The van der Waals surface area contributed by atoms with Gasteiger partial charge in [0, 0.05) is 36.0 Å². The molecule has 0 atom stereocenters. The summed E-state index contributed by atoms with van der Waals surface area (Å²) in [5.41, 5.74) is 5.39. The first kappa shape index (κ1) is 22.1. The van der Waals surface area contributed by atoms with E-state index in [0.29, 0.717) is 18.7 Å². The second-order valence-corrected chi connectivity index (χ2v) is 7.76. The molecule has 31 heavy (non-hydrogen) atoms. The van der Waals surface area contributed by atoms with E-state index in [1.807, 2.05) is 74.8 Å². The Labute approximate surface area is 182 Å². The first-order chi connectivity index (χ1) is 14.8. The molecule has 3 N–H and O–H groups in total. The van der Waals surface area contributed by atoms with E-state index in [2.05, 4.69) is 21.0 Å². The number of nitrogens with zero attached hydrogens (tertiary/aromatic N) is 2. The Balaban J connectivity index is 1.59. The summed E-state index contributed by atoms with van der Waals surface area (Å²) in [4.78, 5) is 24.3. The number of aryl methyl sites for hydroxylation is 1. The summed E-state index contributed by atoms with van der Waals surface area (Å²) < 4.78 is 1.90. The van der Waals surface area contributed by atoms with Crippen LogP contribution in [0.15, 0.2) is 54.6 Å². The monoisotopic (exact) mass is 419 g/mol. The predicted molar refractivity (Wildman–Crippen MR) is 121 cm³/mol. The van der Waals surface area contributed by atoms with Gasteiger partial charge in [-0.2, -0.15) is 5.10 Å². The number of carbonyl (C=O) groups is 2. The quantitative estimate of drug-likeness (QED) is 0.546. The van der Waals surface area contributed by atoms with Gasteiger partial charge in [-0.1, -0.05) is 30.3 Å². The van der Waals surface area contributed by atoms with E-state index in [0.717, 1.165) is 28.2 Å². The molecular weight excluding hydrogens is 390 g/mol. The summed E-state index contributed by atoms with van der Waals surface area (Å²) in [6.07, 6.45) is 0. The van der Waals surface area contributed by atoms with E-state index in [9.17, 15) is 9.59 Å². The molecule has 0 aliphatic carbocycles. The average molecular weight is 420 g/mol. The van der Waals surface area contributed by atoms with E-state index >= 15 is 0 Å². The molecule has 0 spiro atoms. The molecule has 0 bridgehead atoms. The van der Waals surface area contributed by atoms with Crippen molar-refractivity contribution in [1.82, 2.24) is 25.7 Å². The topological polar surface area (TPSA) is 88.1 Å². The van der Waals surface area contributed by atoms with Gasteiger partial charge in [-0.15, -0.1) is 0 Å². The minimum Gasteiger partial charge on any atom is -0.348 e. The smallest absolute Gasteiger partial charge is 0.315 e. The first-order valence-corrected chi connectivity index (χ1v) is 10.4. The van der Waals surface area contributed by atoms with Crippen molar-refractivity contribution in [2.75, 3.05) is 0 Å². The van der Waals surface area contributed by atoms with Gasteiger partial charge in [0.1, 0.15) is 0 Å². The van der Waals surface area contributed by atoms with Gasteiger partial charge in [-0.3, -0.25) is 4.79 Å². The van der Waals surface area contributed by atoms with Crippen LogP contribution in [0, 0.1) is 13.8 Å². The highest BCUT2D eigenvalue weighted by molar-refractivity contribution is 5.94. The van der Waals surface area contributed by atoms with E-state index in [4.69, 9.17) is 0 Å². The number of hydrogen-bond donors (Lipinski definition) is 3. The van der Waals surface area contributed by atoms with E-state index in [1.54, 1.807) is 12.1 Å². The fourth-order valence-corrected chi connectivity index (χ4v) is 3.29. The maximum absolute atomic E-state index is 12.6. The Bertz CT molecular complexity index is 1040. The standard InChI is InChI=1S/C24H29N5O2/c1-16(2)27-24(31)26-14-19-10-12-20(13-11-19)23(30)25-15-22-17(3)28-29(18(22)4)21-8-6-5-7-9-21/h5-13,16H,14-15H2,1-4H3,(H,25,30)(H2,26,27,31). The van der Waals surface area contributed by atoms with Crippen molar-refractivity contribution in [3.05, 3.63) is 82.7 Å². The van der Waals surface area contributed by atoms with Gasteiger partial charge < -0.3 is 16.0 Å². The Morgan fingerprint density at radius 3 is 2.26 bits per heavy atom. The molecule has 0 aliphatic heterocycles. The fraction of sp³-hybridized carbons (Fsp3) is 0.292. The molecule has 0 fully saturated rings. The number of carbonyl (C=O) groups excluding carboxylic acids is 2. The number of benzene rings is 2. The van der Waals surface area contributed by atoms with Crippen LogP contribution in [0.1, 0.15) is 46.7 Å². The highest BCUT2D eigenvalue weighted by atomic mass is 16.2. The van der Waals surface area contributed by atoms with Crippen molar-refractivity contribution in [3.8, 4) is 5.69 Å².